The first-order valence-electron chi connectivity index (χ1n) is 0.632. The molecule has 0 unspecified atom stereocenters. The molecule has 0 aliphatic carbocycles. The summed E-state index contributed by atoms with van der Waals surface area (Å²) in [6, 6.07) is 0. The maximum atomic E-state index is 7.12. The predicted molar refractivity (Wildman–Crippen MR) is 11.6 cm³/mol. The molecule has 0 amide bonds. The van der Waals surface area contributed by atoms with Crippen LogP contribution in [0.25, 0.3) is 0 Å². The van der Waals surface area contributed by atoms with Gasteiger partial charge in [0, 0.05) is 32.7 Å². The summed E-state index contributed by atoms with van der Waals surface area (Å²) in [7, 11) is -0.750. The number of hydrogen-bond acceptors (Lipinski definition) is 2. The van der Waals surface area contributed by atoms with Crippen LogP contribution < -0.4 is 0 Å². The van der Waals surface area contributed by atoms with Gasteiger partial charge in [0.05, 0.1) is 0 Å². The Morgan fingerprint density at radius 1 is 1.25 bits per heavy atom. The second kappa shape index (κ2) is 8.94. The van der Waals surface area contributed by atoms with E-state index in [4.69, 9.17) is 10.0 Å². The molecule has 2 radical (unpaired) electrons. The Hall–Kier alpha value is 1.09. The van der Waals surface area contributed by atoms with E-state index in [0.717, 1.165) is 0 Å². The summed E-state index contributed by atoms with van der Waals surface area (Å²) in [5, 5.41) is 14.2. The van der Waals surface area contributed by atoms with E-state index in [9.17, 15) is 0 Å². The molecule has 0 aromatic rings. The molecule has 2 nitrogen and oxygen atoms in total. The molecule has 0 aliphatic rings. The van der Waals surface area contributed by atoms with Crippen LogP contribution in [-0.2, 0) is 32.7 Å². The monoisotopic (exact) mass is 135 g/mol. The molecule has 4 heteroatoms. The van der Waals surface area contributed by atoms with Crippen molar-refractivity contribution in [2.75, 3.05) is 0 Å². The maximum Gasteiger partial charge on any atom is 0.114 e. The summed E-state index contributed by atoms with van der Waals surface area (Å²) in [6.45, 7) is 0. The Bertz CT molecular complexity index is 6.00. The number of rotatable bonds is 0. The van der Waals surface area contributed by atoms with Gasteiger partial charge in [-0.1, -0.05) is 0 Å². The first-order valence-corrected chi connectivity index (χ1v) is 0.632. The molecule has 0 saturated carbocycles. The van der Waals surface area contributed by atoms with Crippen LogP contribution in [0.1, 0.15) is 0 Å². The second-order valence-corrected chi connectivity index (χ2v) is 0.141. The zero-order valence-electron chi connectivity index (χ0n) is 2.18. The molecule has 0 aromatic carbocycles. The summed E-state index contributed by atoms with van der Waals surface area (Å²) in [5.41, 5.74) is 0. The van der Waals surface area contributed by atoms with Crippen LogP contribution in [0.15, 0.2) is 0 Å². The first kappa shape index (κ1) is 8.92. The summed E-state index contributed by atoms with van der Waals surface area (Å²) in [6.07, 6.45) is 0. The Morgan fingerprint density at radius 2 is 1.25 bits per heavy atom. The van der Waals surface area contributed by atoms with Gasteiger partial charge < -0.3 is 10.0 Å². The quantitative estimate of drug-likeness (QED) is 0.386. The van der Waals surface area contributed by atoms with Crippen molar-refractivity contribution in [2.24, 2.45) is 0 Å². The SMILES string of the molecule is O[BH-]O.[Y]. The average Bonchev–Trinajstić information content (AvgIpc) is 0.918. The van der Waals surface area contributed by atoms with Gasteiger partial charge in [-0.2, -0.15) is 0 Å². The van der Waals surface area contributed by atoms with E-state index in [1.54, 1.807) is 0 Å². The molecule has 0 spiro atoms. The van der Waals surface area contributed by atoms with Gasteiger partial charge in [-0.15, -0.1) is 0 Å². The van der Waals surface area contributed by atoms with E-state index < -0.39 is 7.69 Å². The minimum absolute atomic E-state index is 0. The van der Waals surface area contributed by atoms with Gasteiger partial charge in [0.25, 0.3) is 0 Å². The fourth-order valence-corrected chi connectivity index (χ4v) is 0. The maximum absolute atomic E-state index is 7.12. The molecule has 4 heavy (non-hydrogen) atoms. The van der Waals surface area contributed by atoms with E-state index in [2.05, 4.69) is 0 Å². The molecule has 0 aliphatic heterocycles. The van der Waals surface area contributed by atoms with Crippen LogP contribution in [0.3, 0.4) is 0 Å². The smallest absolute Gasteiger partial charge is 0.114 e. The van der Waals surface area contributed by atoms with Gasteiger partial charge >= 0.3 is 0 Å². The molecular weight excluding hydrogens is 132 g/mol. The van der Waals surface area contributed by atoms with E-state index in [-0.39, 0.29) is 32.7 Å². The average molecular weight is 135 g/mol. The van der Waals surface area contributed by atoms with Crippen molar-refractivity contribution in [3.8, 4) is 0 Å². The summed E-state index contributed by atoms with van der Waals surface area (Å²) < 4.78 is 0. The van der Waals surface area contributed by atoms with Crippen LogP contribution in [0.2, 0.25) is 0 Å². The van der Waals surface area contributed by atoms with Crippen LogP contribution in [0.5, 0.6) is 0 Å². The van der Waals surface area contributed by atoms with Crippen molar-refractivity contribution in [1.29, 1.82) is 0 Å². The van der Waals surface area contributed by atoms with Gasteiger partial charge in [0.1, 0.15) is 7.69 Å². The van der Waals surface area contributed by atoms with Crippen LogP contribution in [0.4, 0.5) is 0 Å². The molecule has 0 heterocycles. The molecule has 0 rings (SSSR count). The van der Waals surface area contributed by atoms with Gasteiger partial charge in [0.15, 0.2) is 0 Å². The fourth-order valence-electron chi connectivity index (χ4n) is 0. The van der Waals surface area contributed by atoms with Crippen LogP contribution in [0, 0.1) is 0 Å². The van der Waals surface area contributed by atoms with Crippen molar-refractivity contribution in [2.45, 2.75) is 0 Å². The van der Waals surface area contributed by atoms with Gasteiger partial charge in [-0.25, -0.2) is 0 Å². The third kappa shape index (κ3) is 11.4. The van der Waals surface area contributed by atoms with Gasteiger partial charge in [-0.05, 0) is 0 Å². The van der Waals surface area contributed by atoms with Crippen LogP contribution >= 0.6 is 0 Å². The zero-order valence-corrected chi connectivity index (χ0v) is 5.02. The Morgan fingerprint density at radius 3 is 1.25 bits per heavy atom. The summed E-state index contributed by atoms with van der Waals surface area (Å²) in [4.78, 5) is 0. The molecule has 2 N–H and O–H groups in total. The van der Waals surface area contributed by atoms with Crippen molar-refractivity contribution in [3.05, 3.63) is 0 Å². The second-order valence-electron chi connectivity index (χ2n) is 0.141. The topological polar surface area (TPSA) is 40.5 Å². The summed E-state index contributed by atoms with van der Waals surface area (Å²) in [5.74, 6) is 0. The fraction of sp³-hybridized carbons (Fsp3) is 0. The Kier molecular flexibility index (Phi) is 19.9. The molecule has 0 atom stereocenters. The molecule has 22 valence electrons. The molecular formula is H3BO2Y-. The van der Waals surface area contributed by atoms with Crippen molar-refractivity contribution in [1.82, 2.24) is 0 Å². The minimum atomic E-state index is -0.750. The van der Waals surface area contributed by atoms with Crippen molar-refractivity contribution < 1.29 is 42.8 Å². The van der Waals surface area contributed by atoms with E-state index in [1.165, 1.54) is 0 Å². The minimum Gasteiger partial charge on any atom is -0.607 e. The van der Waals surface area contributed by atoms with E-state index in [0.29, 0.717) is 0 Å². The zero-order chi connectivity index (χ0) is 2.71. The summed E-state index contributed by atoms with van der Waals surface area (Å²) >= 11 is 0. The van der Waals surface area contributed by atoms with E-state index >= 15 is 0 Å². The van der Waals surface area contributed by atoms with Gasteiger partial charge in [-0.3, -0.25) is 0 Å². The molecule has 0 saturated heterocycles. The third-order valence-corrected chi connectivity index (χ3v) is 0. The predicted octanol–water partition coefficient (Wildman–Crippen LogP) is -1.77. The van der Waals surface area contributed by atoms with Crippen molar-refractivity contribution in [3.63, 3.8) is 0 Å². The van der Waals surface area contributed by atoms with Gasteiger partial charge in [0.2, 0.25) is 0 Å². The molecule has 0 aromatic heterocycles. The first-order chi connectivity index (χ1) is 1.41. The molecule has 0 bridgehead atoms. The number of hydrogen-bond donors (Lipinski definition) is 2. The molecule has 0 fully saturated rings. The third-order valence-electron chi connectivity index (χ3n) is 0. The van der Waals surface area contributed by atoms with Crippen LogP contribution in [-0.4, -0.2) is 17.7 Å². The Balaban J connectivity index is 0. The normalized spacial score (nSPS) is 4.50. The standard InChI is InChI=1S/BH3O2.Y/c2-1-3;/h1-3H;/q-1;. The van der Waals surface area contributed by atoms with E-state index in [1.807, 2.05) is 0 Å². The largest absolute Gasteiger partial charge is 0.607 e. The Labute approximate surface area is 50.4 Å². The van der Waals surface area contributed by atoms with Crippen molar-refractivity contribution >= 4 is 7.69 Å².